The Bertz CT molecular complexity index is 653. The van der Waals surface area contributed by atoms with Crippen LogP contribution in [0, 0.1) is 5.82 Å². The highest BCUT2D eigenvalue weighted by Crippen LogP contribution is 2.29. The first-order chi connectivity index (χ1) is 8.74. The Labute approximate surface area is 103 Å². The largest absolute Gasteiger partial charge is 0.367 e. The summed E-state index contributed by atoms with van der Waals surface area (Å²) in [4.78, 5) is 7.08. The van der Waals surface area contributed by atoms with Gasteiger partial charge in [-0.05, 0) is 18.2 Å². The molecule has 90 valence electrons. The molecule has 0 bridgehead atoms. The van der Waals surface area contributed by atoms with Crippen molar-refractivity contribution in [3.8, 4) is 22.5 Å². The highest BCUT2D eigenvalue weighted by atomic mass is 19.1. The van der Waals surface area contributed by atoms with E-state index < -0.39 is 0 Å². The number of nitrogens with one attached hydrogen (secondary N) is 1. The molecule has 0 saturated heterocycles. The molecule has 3 rings (SSSR count). The number of aromatic amines is 1. The minimum atomic E-state index is -0.349. The number of aromatic nitrogens is 4. The Morgan fingerprint density at radius 1 is 1.28 bits per heavy atom. The van der Waals surface area contributed by atoms with Crippen LogP contribution in [0.15, 0.2) is 43.0 Å². The van der Waals surface area contributed by atoms with Gasteiger partial charge in [0.25, 0.3) is 0 Å². The average Bonchev–Trinajstić information content (AvgIpc) is 2.98. The van der Waals surface area contributed by atoms with Crippen LogP contribution >= 0.6 is 0 Å². The van der Waals surface area contributed by atoms with Crippen molar-refractivity contribution in [2.24, 2.45) is 7.05 Å². The molecule has 3 aromatic rings. The van der Waals surface area contributed by atoms with Gasteiger partial charge in [0, 0.05) is 36.8 Å². The Morgan fingerprint density at radius 3 is 2.83 bits per heavy atom. The first-order valence-corrected chi connectivity index (χ1v) is 5.53. The first kappa shape index (κ1) is 10.7. The van der Waals surface area contributed by atoms with Crippen molar-refractivity contribution in [2.45, 2.75) is 0 Å². The molecule has 0 atom stereocenters. The standard InChI is InChI=1S/C13H11FN4/c1-18-8-11(9-4-5-15-6-9)13(17-18)12-3-2-10(14)7-16-12/h2-8,15H,1H3. The second kappa shape index (κ2) is 4.10. The Hall–Kier alpha value is -2.43. The molecule has 3 aromatic heterocycles. The summed E-state index contributed by atoms with van der Waals surface area (Å²) in [5, 5.41) is 4.38. The summed E-state index contributed by atoms with van der Waals surface area (Å²) in [7, 11) is 1.85. The SMILES string of the molecule is Cn1cc(-c2cc[nH]c2)c(-c2ccc(F)cn2)n1. The third-order valence-corrected chi connectivity index (χ3v) is 2.71. The first-order valence-electron chi connectivity index (χ1n) is 5.53. The van der Waals surface area contributed by atoms with E-state index in [-0.39, 0.29) is 5.82 Å². The number of rotatable bonds is 2. The Balaban J connectivity index is 2.15. The predicted octanol–water partition coefficient (Wildman–Crippen LogP) is 2.62. The van der Waals surface area contributed by atoms with Gasteiger partial charge < -0.3 is 4.98 Å². The molecule has 0 aromatic carbocycles. The lowest BCUT2D eigenvalue weighted by molar-refractivity contribution is 0.621. The summed E-state index contributed by atoms with van der Waals surface area (Å²) in [5.74, 6) is -0.349. The van der Waals surface area contributed by atoms with Crippen molar-refractivity contribution in [3.05, 3.63) is 48.8 Å². The summed E-state index contributed by atoms with van der Waals surface area (Å²) in [6.07, 6.45) is 6.86. The second-order valence-electron chi connectivity index (χ2n) is 4.03. The lowest BCUT2D eigenvalue weighted by Gasteiger charge is -1.99. The van der Waals surface area contributed by atoms with E-state index in [1.807, 2.05) is 31.7 Å². The van der Waals surface area contributed by atoms with Crippen LogP contribution in [-0.2, 0) is 7.05 Å². The van der Waals surface area contributed by atoms with Crippen molar-refractivity contribution in [1.82, 2.24) is 19.7 Å². The zero-order valence-electron chi connectivity index (χ0n) is 9.76. The molecule has 0 aliphatic carbocycles. The van der Waals surface area contributed by atoms with E-state index in [1.54, 1.807) is 10.7 Å². The maximum absolute atomic E-state index is 12.9. The molecule has 1 N–H and O–H groups in total. The van der Waals surface area contributed by atoms with Crippen molar-refractivity contribution >= 4 is 0 Å². The fourth-order valence-electron chi connectivity index (χ4n) is 1.90. The van der Waals surface area contributed by atoms with Gasteiger partial charge in [-0.15, -0.1) is 0 Å². The molecule has 3 heterocycles. The van der Waals surface area contributed by atoms with E-state index in [0.29, 0.717) is 5.69 Å². The van der Waals surface area contributed by atoms with Crippen molar-refractivity contribution < 1.29 is 4.39 Å². The summed E-state index contributed by atoms with van der Waals surface area (Å²) in [6.45, 7) is 0. The van der Waals surface area contributed by atoms with Gasteiger partial charge in [-0.2, -0.15) is 5.10 Å². The van der Waals surface area contributed by atoms with Gasteiger partial charge in [0.2, 0.25) is 0 Å². The van der Waals surface area contributed by atoms with Crippen LogP contribution in [0.5, 0.6) is 0 Å². The van der Waals surface area contributed by atoms with Gasteiger partial charge >= 0.3 is 0 Å². The van der Waals surface area contributed by atoms with E-state index in [4.69, 9.17) is 0 Å². The number of pyridine rings is 1. The number of nitrogens with zero attached hydrogens (tertiary/aromatic N) is 3. The van der Waals surface area contributed by atoms with Gasteiger partial charge in [0.15, 0.2) is 0 Å². The fourth-order valence-corrected chi connectivity index (χ4v) is 1.90. The molecular formula is C13H11FN4. The van der Waals surface area contributed by atoms with Gasteiger partial charge in [0.1, 0.15) is 11.5 Å². The number of aryl methyl sites for hydroxylation is 1. The van der Waals surface area contributed by atoms with E-state index >= 15 is 0 Å². The van der Waals surface area contributed by atoms with Crippen LogP contribution in [0.25, 0.3) is 22.5 Å². The van der Waals surface area contributed by atoms with Crippen LogP contribution in [-0.4, -0.2) is 19.7 Å². The average molecular weight is 242 g/mol. The molecule has 0 saturated carbocycles. The third-order valence-electron chi connectivity index (χ3n) is 2.71. The summed E-state index contributed by atoms with van der Waals surface area (Å²) in [5.41, 5.74) is 3.41. The highest BCUT2D eigenvalue weighted by molar-refractivity contribution is 5.78. The molecule has 0 spiro atoms. The topological polar surface area (TPSA) is 46.5 Å². The minimum absolute atomic E-state index is 0.349. The molecule has 4 nitrogen and oxygen atoms in total. The van der Waals surface area contributed by atoms with Crippen LogP contribution in [0.2, 0.25) is 0 Å². The number of halogens is 1. The minimum Gasteiger partial charge on any atom is -0.367 e. The Morgan fingerprint density at radius 2 is 2.17 bits per heavy atom. The normalized spacial score (nSPS) is 10.8. The summed E-state index contributed by atoms with van der Waals surface area (Å²) >= 11 is 0. The lowest BCUT2D eigenvalue weighted by atomic mass is 10.1. The molecule has 0 radical (unpaired) electrons. The van der Waals surface area contributed by atoms with Crippen LogP contribution in [0.4, 0.5) is 4.39 Å². The van der Waals surface area contributed by atoms with E-state index in [1.165, 1.54) is 12.3 Å². The molecule has 0 aliphatic rings. The quantitative estimate of drug-likeness (QED) is 0.750. The molecule has 5 heteroatoms. The summed E-state index contributed by atoms with van der Waals surface area (Å²) < 4.78 is 14.6. The number of H-pyrrole nitrogens is 1. The van der Waals surface area contributed by atoms with Crippen LogP contribution in [0.3, 0.4) is 0 Å². The summed E-state index contributed by atoms with van der Waals surface area (Å²) in [6, 6.07) is 4.98. The number of hydrogen-bond acceptors (Lipinski definition) is 2. The maximum Gasteiger partial charge on any atom is 0.141 e. The Kier molecular flexibility index (Phi) is 2.44. The van der Waals surface area contributed by atoms with Crippen molar-refractivity contribution in [2.75, 3.05) is 0 Å². The molecule has 0 aliphatic heterocycles. The van der Waals surface area contributed by atoms with E-state index in [2.05, 4.69) is 15.1 Å². The molecule has 0 amide bonds. The monoisotopic (exact) mass is 242 g/mol. The predicted molar refractivity (Wildman–Crippen MR) is 66.2 cm³/mol. The smallest absolute Gasteiger partial charge is 0.141 e. The van der Waals surface area contributed by atoms with Crippen molar-refractivity contribution in [1.29, 1.82) is 0 Å². The molecule has 0 unspecified atom stereocenters. The van der Waals surface area contributed by atoms with Gasteiger partial charge in [-0.1, -0.05) is 0 Å². The van der Waals surface area contributed by atoms with Gasteiger partial charge in [-0.25, -0.2) is 4.39 Å². The van der Waals surface area contributed by atoms with Crippen molar-refractivity contribution in [3.63, 3.8) is 0 Å². The maximum atomic E-state index is 12.9. The second-order valence-corrected chi connectivity index (χ2v) is 4.03. The number of hydrogen-bond donors (Lipinski definition) is 1. The molecular weight excluding hydrogens is 231 g/mol. The zero-order chi connectivity index (χ0) is 12.5. The van der Waals surface area contributed by atoms with Crippen LogP contribution in [0.1, 0.15) is 0 Å². The molecule has 18 heavy (non-hydrogen) atoms. The molecule has 0 fully saturated rings. The fraction of sp³-hybridized carbons (Fsp3) is 0.0769. The zero-order valence-corrected chi connectivity index (χ0v) is 9.76. The van der Waals surface area contributed by atoms with Gasteiger partial charge in [0.05, 0.1) is 11.9 Å². The lowest BCUT2D eigenvalue weighted by Crippen LogP contribution is -1.90. The van der Waals surface area contributed by atoms with Crippen LogP contribution < -0.4 is 0 Å². The highest BCUT2D eigenvalue weighted by Gasteiger charge is 2.13. The van der Waals surface area contributed by atoms with E-state index in [9.17, 15) is 4.39 Å². The van der Waals surface area contributed by atoms with E-state index in [0.717, 1.165) is 16.8 Å². The third kappa shape index (κ3) is 1.79. The van der Waals surface area contributed by atoms with Gasteiger partial charge in [-0.3, -0.25) is 9.67 Å².